The lowest BCUT2D eigenvalue weighted by molar-refractivity contribution is 0.0131. The Morgan fingerprint density at radius 1 is 1.12 bits per heavy atom. The second kappa shape index (κ2) is 10.1. The van der Waals surface area contributed by atoms with E-state index in [1.54, 1.807) is 7.11 Å². The number of nitrogens with zero attached hydrogens (tertiary/aromatic N) is 1. The lowest BCUT2D eigenvalue weighted by Gasteiger charge is -2.30. The van der Waals surface area contributed by atoms with Crippen LogP contribution in [0.25, 0.3) is 0 Å². The number of rotatable bonds is 8. The number of aliphatic hydroxyl groups is 1. The third-order valence-electron chi connectivity index (χ3n) is 4.38. The number of guanidine groups is 1. The molecule has 0 spiro atoms. The minimum absolute atomic E-state index is 0.446. The van der Waals surface area contributed by atoms with Gasteiger partial charge < -0.3 is 25.2 Å². The molecule has 1 aliphatic rings. The second-order valence-corrected chi connectivity index (χ2v) is 6.43. The molecule has 1 aromatic carbocycles. The standard InChI is InChI=1S/C19H31N3O3/c1-3-20-18(22-15-19(23)11-5-4-6-12-19)21-13-14-25-17-9-7-16(24-2)8-10-17/h7-10,23H,3-6,11-15H2,1-2H3,(H2,20,21,22). The summed E-state index contributed by atoms with van der Waals surface area (Å²) in [5, 5.41) is 17.0. The van der Waals surface area contributed by atoms with Crippen molar-refractivity contribution in [3.8, 4) is 11.5 Å². The number of hydrogen-bond acceptors (Lipinski definition) is 4. The smallest absolute Gasteiger partial charge is 0.191 e. The molecule has 0 bridgehead atoms. The molecule has 0 saturated heterocycles. The fourth-order valence-electron chi connectivity index (χ4n) is 2.95. The van der Waals surface area contributed by atoms with Crippen LogP contribution < -0.4 is 20.1 Å². The van der Waals surface area contributed by atoms with Crippen LogP contribution in [0.1, 0.15) is 39.0 Å². The van der Waals surface area contributed by atoms with Gasteiger partial charge >= 0.3 is 0 Å². The third kappa shape index (κ3) is 6.82. The Hall–Kier alpha value is -1.95. The molecule has 0 atom stereocenters. The van der Waals surface area contributed by atoms with Gasteiger partial charge in [0.05, 0.1) is 25.8 Å². The largest absolute Gasteiger partial charge is 0.497 e. The summed E-state index contributed by atoms with van der Waals surface area (Å²) in [4.78, 5) is 4.55. The number of hydrogen-bond donors (Lipinski definition) is 3. The van der Waals surface area contributed by atoms with Gasteiger partial charge in [-0.3, -0.25) is 4.99 Å². The van der Waals surface area contributed by atoms with E-state index < -0.39 is 5.60 Å². The zero-order valence-electron chi connectivity index (χ0n) is 15.4. The maximum Gasteiger partial charge on any atom is 0.191 e. The second-order valence-electron chi connectivity index (χ2n) is 6.43. The summed E-state index contributed by atoms with van der Waals surface area (Å²) in [5.74, 6) is 2.34. The normalized spacial score (nSPS) is 17.0. The summed E-state index contributed by atoms with van der Waals surface area (Å²) < 4.78 is 10.8. The van der Waals surface area contributed by atoms with E-state index in [1.807, 2.05) is 31.2 Å². The summed E-state index contributed by atoms with van der Waals surface area (Å²) in [6.07, 6.45) is 5.08. The van der Waals surface area contributed by atoms with E-state index in [4.69, 9.17) is 9.47 Å². The van der Waals surface area contributed by atoms with Crippen LogP contribution in [-0.2, 0) is 0 Å². The zero-order valence-corrected chi connectivity index (χ0v) is 15.4. The summed E-state index contributed by atoms with van der Waals surface area (Å²) in [5.41, 5.74) is -0.639. The molecule has 2 rings (SSSR count). The van der Waals surface area contributed by atoms with Crippen molar-refractivity contribution in [3.63, 3.8) is 0 Å². The summed E-state index contributed by atoms with van der Waals surface area (Å²) >= 11 is 0. The molecule has 1 fully saturated rings. The minimum atomic E-state index is -0.639. The molecule has 0 amide bonds. The molecule has 0 aliphatic heterocycles. The van der Waals surface area contributed by atoms with Gasteiger partial charge in [-0.15, -0.1) is 0 Å². The van der Waals surface area contributed by atoms with Crippen LogP contribution in [0.3, 0.4) is 0 Å². The van der Waals surface area contributed by atoms with Crippen molar-refractivity contribution in [1.29, 1.82) is 0 Å². The highest BCUT2D eigenvalue weighted by Crippen LogP contribution is 2.28. The summed E-state index contributed by atoms with van der Waals surface area (Å²) in [6.45, 7) is 4.42. The van der Waals surface area contributed by atoms with Gasteiger partial charge in [0.15, 0.2) is 5.96 Å². The fraction of sp³-hybridized carbons (Fsp3) is 0.632. The molecule has 25 heavy (non-hydrogen) atoms. The van der Waals surface area contributed by atoms with Crippen LogP contribution in [0.2, 0.25) is 0 Å². The Balaban J connectivity index is 1.75. The maximum absolute atomic E-state index is 10.6. The van der Waals surface area contributed by atoms with Gasteiger partial charge in [0.1, 0.15) is 18.1 Å². The fourth-order valence-corrected chi connectivity index (χ4v) is 2.95. The molecule has 3 N–H and O–H groups in total. The predicted molar refractivity (Wildman–Crippen MR) is 101 cm³/mol. The van der Waals surface area contributed by atoms with Crippen molar-refractivity contribution in [2.45, 2.75) is 44.6 Å². The topological polar surface area (TPSA) is 75.1 Å². The Bertz CT molecular complexity index is 525. The van der Waals surface area contributed by atoms with E-state index >= 15 is 0 Å². The van der Waals surface area contributed by atoms with Gasteiger partial charge in [-0.05, 0) is 44.0 Å². The van der Waals surface area contributed by atoms with Gasteiger partial charge in [-0.1, -0.05) is 19.3 Å². The molecule has 1 aromatic rings. The molecule has 0 aromatic heterocycles. The van der Waals surface area contributed by atoms with Crippen molar-refractivity contribution < 1.29 is 14.6 Å². The zero-order chi connectivity index (χ0) is 18.0. The van der Waals surface area contributed by atoms with Crippen LogP contribution >= 0.6 is 0 Å². The van der Waals surface area contributed by atoms with Crippen LogP contribution in [0.15, 0.2) is 29.3 Å². The first-order valence-electron chi connectivity index (χ1n) is 9.16. The Morgan fingerprint density at radius 2 is 1.80 bits per heavy atom. The van der Waals surface area contributed by atoms with Gasteiger partial charge in [0.2, 0.25) is 0 Å². The van der Waals surface area contributed by atoms with E-state index in [9.17, 15) is 5.11 Å². The van der Waals surface area contributed by atoms with Gasteiger partial charge in [-0.2, -0.15) is 0 Å². The van der Waals surface area contributed by atoms with Crippen LogP contribution in [0.5, 0.6) is 11.5 Å². The highest BCUT2D eigenvalue weighted by Gasteiger charge is 2.28. The predicted octanol–water partition coefficient (Wildman–Crippen LogP) is 2.32. The van der Waals surface area contributed by atoms with Gasteiger partial charge in [0.25, 0.3) is 0 Å². The lowest BCUT2D eigenvalue weighted by Crippen LogP contribution is -2.42. The first-order chi connectivity index (χ1) is 12.1. The maximum atomic E-state index is 10.6. The van der Waals surface area contributed by atoms with Crippen LogP contribution in [0, 0.1) is 0 Å². The molecule has 1 saturated carbocycles. The van der Waals surface area contributed by atoms with Crippen molar-refractivity contribution >= 4 is 5.96 Å². The highest BCUT2D eigenvalue weighted by molar-refractivity contribution is 5.79. The average molecular weight is 349 g/mol. The third-order valence-corrected chi connectivity index (χ3v) is 4.38. The molecular formula is C19H31N3O3. The SMILES string of the molecule is CCNC(=NCC1(O)CCCCC1)NCCOc1ccc(OC)cc1. The number of benzene rings is 1. The molecule has 6 nitrogen and oxygen atoms in total. The highest BCUT2D eigenvalue weighted by atomic mass is 16.5. The summed E-state index contributed by atoms with van der Waals surface area (Å²) in [7, 11) is 1.64. The minimum Gasteiger partial charge on any atom is -0.497 e. The van der Waals surface area contributed by atoms with E-state index in [-0.39, 0.29) is 0 Å². The van der Waals surface area contributed by atoms with Crippen molar-refractivity contribution in [3.05, 3.63) is 24.3 Å². The van der Waals surface area contributed by atoms with Crippen molar-refractivity contribution in [1.82, 2.24) is 10.6 Å². The Labute approximate surface area is 150 Å². The van der Waals surface area contributed by atoms with E-state index in [2.05, 4.69) is 15.6 Å². The van der Waals surface area contributed by atoms with Crippen LogP contribution in [0.4, 0.5) is 0 Å². The number of methoxy groups -OCH3 is 1. The summed E-state index contributed by atoms with van der Waals surface area (Å²) in [6, 6.07) is 7.52. The Kier molecular flexibility index (Phi) is 7.85. The van der Waals surface area contributed by atoms with E-state index in [0.717, 1.165) is 49.7 Å². The quantitative estimate of drug-likeness (QED) is 0.381. The van der Waals surface area contributed by atoms with Crippen molar-refractivity contribution in [2.75, 3.05) is 33.4 Å². The van der Waals surface area contributed by atoms with E-state index in [1.165, 1.54) is 6.42 Å². The Morgan fingerprint density at radius 3 is 2.44 bits per heavy atom. The number of ether oxygens (including phenoxy) is 2. The number of nitrogens with one attached hydrogen (secondary N) is 2. The first-order valence-corrected chi connectivity index (χ1v) is 9.16. The number of aliphatic imine (C=N–C) groups is 1. The molecular weight excluding hydrogens is 318 g/mol. The van der Waals surface area contributed by atoms with E-state index in [0.29, 0.717) is 19.7 Å². The molecule has 6 heteroatoms. The van der Waals surface area contributed by atoms with Gasteiger partial charge in [-0.25, -0.2) is 0 Å². The molecule has 0 unspecified atom stereocenters. The lowest BCUT2D eigenvalue weighted by atomic mass is 9.85. The first kappa shape index (κ1) is 19.4. The van der Waals surface area contributed by atoms with Crippen molar-refractivity contribution in [2.24, 2.45) is 4.99 Å². The molecule has 0 radical (unpaired) electrons. The van der Waals surface area contributed by atoms with Gasteiger partial charge in [0, 0.05) is 6.54 Å². The van der Waals surface area contributed by atoms with Crippen LogP contribution in [-0.4, -0.2) is 50.0 Å². The molecule has 140 valence electrons. The average Bonchev–Trinajstić information content (AvgIpc) is 2.64. The molecule has 1 aliphatic carbocycles. The monoisotopic (exact) mass is 349 g/mol. The molecule has 0 heterocycles.